The zero-order chi connectivity index (χ0) is 16.2. The van der Waals surface area contributed by atoms with E-state index in [1.165, 1.54) is 4.91 Å². The topological polar surface area (TPSA) is 29.5 Å². The van der Waals surface area contributed by atoms with Gasteiger partial charge in [0.2, 0.25) is 0 Å². The van der Waals surface area contributed by atoms with E-state index in [1.807, 2.05) is 37.4 Å². The number of alkyl halides is 1. The monoisotopic (exact) mass is 387 g/mol. The first-order valence-electron chi connectivity index (χ1n) is 7.96. The van der Waals surface area contributed by atoms with Gasteiger partial charge in [-0.15, -0.1) is 11.8 Å². The van der Waals surface area contributed by atoms with E-state index >= 15 is 0 Å². The third-order valence-electron chi connectivity index (χ3n) is 3.77. The van der Waals surface area contributed by atoms with Crippen molar-refractivity contribution in [3.63, 3.8) is 0 Å². The van der Waals surface area contributed by atoms with Crippen molar-refractivity contribution in [2.24, 2.45) is 5.92 Å². The number of halogens is 1. The number of carbonyl (C=O) groups excluding carboxylic acids is 1. The second-order valence-corrected chi connectivity index (χ2v) is 9.21. The first-order valence-corrected chi connectivity index (χ1v) is 9.87. The van der Waals surface area contributed by atoms with Crippen molar-refractivity contribution in [1.82, 2.24) is 4.90 Å². The second kappa shape index (κ2) is 7.91. The lowest BCUT2D eigenvalue weighted by Gasteiger charge is -2.33. The molecule has 1 unspecified atom stereocenters. The van der Waals surface area contributed by atoms with E-state index in [0.29, 0.717) is 10.7 Å². The van der Waals surface area contributed by atoms with Gasteiger partial charge in [0.1, 0.15) is 5.60 Å². The molecule has 1 aliphatic heterocycles. The number of piperidine rings is 1. The molecule has 1 aliphatic carbocycles. The molecule has 1 heterocycles. The van der Waals surface area contributed by atoms with Gasteiger partial charge in [0.15, 0.2) is 0 Å². The minimum absolute atomic E-state index is 0.167. The molecule has 0 N–H and O–H groups in total. The van der Waals surface area contributed by atoms with Crippen LogP contribution in [0.4, 0.5) is 4.79 Å². The number of likely N-dealkylation sites (tertiary alicyclic amines) is 1. The number of thioether (sulfide) groups is 1. The molecular formula is C17H26BrNO2S. The highest BCUT2D eigenvalue weighted by molar-refractivity contribution is 9.09. The minimum atomic E-state index is -0.406. The van der Waals surface area contributed by atoms with Gasteiger partial charge in [0.05, 0.1) is 0 Å². The molecular weight excluding hydrogens is 362 g/mol. The zero-order valence-corrected chi connectivity index (χ0v) is 16.1. The number of carbonyl (C=O) groups is 1. The van der Waals surface area contributed by atoms with Gasteiger partial charge in [-0.1, -0.05) is 34.2 Å². The summed E-state index contributed by atoms with van der Waals surface area (Å²) in [7, 11) is 0. The van der Waals surface area contributed by atoms with E-state index in [1.54, 1.807) is 0 Å². The van der Waals surface area contributed by atoms with Crippen LogP contribution < -0.4 is 0 Å². The van der Waals surface area contributed by atoms with Gasteiger partial charge in [-0.2, -0.15) is 0 Å². The lowest BCUT2D eigenvalue weighted by molar-refractivity contribution is 0.0191. The molecule has 0 aromatic rings. The normalized spacial score (nSPS) is 23.4. The summed E-state index contributed by atoms with van der Waals surface area (Å²) in [4.78, 5) is 15.8. The van der Waals surface area contributed by atoms with E-state index < -0.39 is 5.60 Å². The highest BCUT2D eigenvalue weighted by Crippen LogP contribution is 2.30. The summed E-state index contributed by atoms with van der Waals surface area (Å²) in [6, 6.07) is 0. The smallest absolute Gasteiger partial charge is 0.410 e. The highest BCUT2D eigenvalue weighted by Gasteiger charge is 2.26. The predicted octanol–water partition coefficient (Wildman–Crippen LogP) is 4.97. The summed E-state index contributed by atoms with van der Waals surface area (Å²) in [6.07, 6.45) is 9.79. The standard InChI is InChI=1S/C17H26BrNO2S/c1-17(2,3)21-16(20)19-10-8-13(9-11-19)12-22-15-6-4-14(18)5-7-15/h4,6-7,13-14H,5,8-12H2,1-3H3. The average Bonchev–Trinajstić information content (AvgIpc) is 2.45. The Morgan fingerprint density at radius 3 is 2.64 bits per heavy atom. The van der Waals surface area contributed by atoms with Gasteiger partial charge in [0.25, 0.3) is 0 Å². The maximum absolute atomic E-state index is 12.0. The predicted molar refractivity (Wildman–Crippen MR) is 97.5 cm³/mol. The van der Waals surface area contributed by atoms with Crippen LogP contribution in [-0.4, -0.2) is 40.3 Å². The summed E-state index contributed by atoms with van der Waals surface area (Å²) in [5.74, 6) is 1.84. The van der Waals surface area contributed by atoms with Crippen molar-refractivity contribution in [3.05, 3.63) is 23.1 Å². The molecule has 0 aromatic heterocycles. The SMILES string of the molecule is CC(C)(C)OC(=O)N1CCC(CSC2=CCC(Br)C=C2)CC1. The van der Waals surface area contributed by atoms with Crippen LogP contribution in [0.3, 0.4) is 0 Å². The van der Waals surface area contributed by atoms with Crippen molar-refractivity contribution in [2.45, 2.75) is 50.5 Å². The van der Waals surface area contributed by atoms with Crippen LogP contribution in [-0.2, 0) is 4.74 Å². The van der Waals surface area contributed by atoms with Crippen molar-refractivity contribution in [2.75, 3.05) is 18.8 Å². The Hall–Kier alpha value is -0.420. The first-order chi connectivity index (χ1) is 10.3. The zero-order valence-electron chi connectivity index (χ0n) is 13.7. The Morgan fingerprint density at radius 2 is 2.09 bits per heavy atom. The molecule has 1 fully saturated rings. The molecule has 22 heavy (non-hydrogen) atoms. The van der Waals surface area contributed by atoms with Crippen LogP contribution in [0, 0.1) is 5.92 Å². The summed E-state index contributed by atoms with van der Waals surface area (Å²) < 4.78 is 5.44. The van der Waals surface area contributed by atoms with Crippen molar-refractivity contribution in [1.29, 1.82) is 0 Å². The fourth-order valence-corrected chi connectivity index (χ4v) is 3.99. The van der Waals surface area contributed by atoms with E-state index in [9.17, 15) is 4.79 Å². The van der Waals surface area contributed by atoms with Crippen molar-refractivity contribution >= 4 is 33.8 Å². The molecule has 2 rings (SSSR count). The van der Waals surface area contributed by atoms with Gasteiger partial charge < -0.3 is 9.64 Å². The molecule has 0 bridgehead atoms. The molecule has 0 saturated carbocycles. The third-order valence-corrected chi connectivity index (χ3v) is 5.72. The molecule has 3 nitrogen and oxygen atoms in total. The van der Waals surface area contributed by atoms with E-state index in [2.05, 4.69) is 34.2 Å². The number of allylic oxidation sites excluding steroid dienone is 3. The molecule has 1 saturated heterocycles. The molecule has 124 valence electrons. The first kappa shape index (κ1) is 17.9. The van der Waals surface area contributed by atoms with Gasteiger partial charge in [-0.25, -0.2) is 4.79 Å². The van der Waals surface area contributed by atoms with Crippen LogP contribution in [0.15, 0.2) is 23.1 Å². The molecule has 5 heteroatoms. The van der Waals surface area contributed by atoms with Gasteiger partial charge in [-0.3, -0.25) is 0 Å². The van der Waals surface area contributed by atoms with Gasteiger partial charge in [-0.05, 0) is 46.0 Å². The summed E-state index contributed by atoms with van der Waals surface area (Å²) >= 11 is 5.54. The van der Waals surface area contributed by atoms with Gasteiger partial charge in [0, 0.05) is 28.6 Å². The summed E-state index contributed by atoms with van der Waals surface area (Å²) in [5.41, 5.74) is -0.406. The Morgan fingerprint density at radius 1 is 1.41 bits per heavy atom. The van der Waals surface area contributed by atoms with E-state index in [4.69, 9.17) is 4.74 Å². The van der Waals surface area contributed by atoms with Crippen LogP contribution >= 0.6 is 27.7 Å². The van der Waals surface area contributed by atoms with E-state index in [0.717, 1.165) is 38.1 Å². The molecule has 2 aliphatic rings. The summed E-state index contributed by atoms with van der Waals surface area (Å²) in [5, 5.41) is 0. The molecule has 0 radical (unpaired) electrons. The fraction of sp³-hybridized carbons (Fsp3) is 0.706. The van der Waals surface area contributed by atoms with Crippen LogP contribution in [0.1, 0.15) is 40.0 Å². The van der Waals surface area contributed by atoms with Crippen LogP contribution in [0.2, 0.25) is 0 Å². The minimum Gasteiger partial charge on any atom is -0.444 e. The Labute approximate surface area is 146 Å². The third kappa shape index (κ3) is 5.99. The molecule has 0 spiro atoms. The van der Waals surface area contributed by atoms with E-state index in [-0.39, 0.29) is 6.09 Å². The number of hydrogen-bond acceptors (Lipinski definition) is 3. The maximum atomic E-state index is 12.0. The molecule has 0 aromatic carbocycles. The lowest BCUT2D eigenvalue weighted by Crippen LogP contribution is -2.42. The Bertz CT molecular complexity index is 448. The van der Waals surface area contributed by atoms with Gasteiger partial charge >= 0.3 is 6.09 Å². The largest absolute Gasteiger partial charge is 0.444 e. The Kier molecular flexibility index (Phi) is 6.45. The fourth-order valence-electron chi connectivity index (χ4n) is 2.50. The van der Waals surface area contributed by atoms with Crippen molar-refractivity contribution < 1.29 is 9.53 Å². The van der Waals surface area contributed by atoms with Crippen molar-refractivity contribution in [3.8, 4) is 0 Å². The Balaban J connectivity index is 1.69. The number of amides is 1. The average molecular weight is 388 g/mol. The molecule has 1 atom stereocenters. The number of rotatable bonds is 3. The maximum Gasteiger partial charge on any atom is 0.410 e. The quantitative estimate of drug-likeness (QED) is 0.639. The van der Waals surface area contributed by atoms with Crippen LogP contribution in [0.5, 0.6) is 0 Å². The second-order valence-electron chi connectivity index (χ2n) is 6.94. The van der Waals surface area contributed by atoms with Crippen LogP contribution in [0.25, 0.3) is 0 Å². The number of ether oxygens (including phenoxy) is 1. The number of nitrogens with zero attached hydrogens (tertiary/aromatic N) is 1. The number of hydrogen-bond donors (Lipinski definition) is 0. The highest BCUT2D eigenvalue weighted by atomic mass is 79.9. The lowest BCUT2D eigenvalue weighted by atomic mass is 9.99. The summed E-state index contributed by atoms with van der Waals surface area (Å²) in [6.45, 7) is 7.38. The molecule has 1 amide bonds.